The smallest absolute Gasteiger partial charge is 0.241 e. The van der Waals surface area contributed by atoms with Crippen LogP contribution in [0.2, 0.25) is 0 Å². The molecule has 110 valence electrons. The minimum absolute atomic E-state index is 0.0178. The highest BCUT2D eigenvalue weighted by atomic mass is 16.2. The van der Waals surface area contributed by atoms with E-state index >= 15 is 0 Å². The number of carbonyl (C=O) groups is 1. The van der Waals surface area contributed by atoms with Gasteiger partial charge in [-0.3, -0.25) is 9.69 Å². The number of amides is 1. The molecule has 1 aliphatic heterocycles. The van der Waals surface area contributed by atoms with Gasteiger partial charge in [0.1, 0.15) is 0 Å². The van der Waals surface area contributed by atoms with E-state index in [9.17, 15) is 4.79 Å². The van der Waals surface area contributed by atoms with Gasteiger partial charge in [-0.2, -0.15) is 0 Å². The molecular weight excluding hydrogens is 250 g/mol. The summed E-state index contributed by atoms with van der Waals surface area (Å²) in [4.78, 5) is 14.6. The van der Waals surface area contributed by atoms with E-state index in [4.69, 9.17) is 5.73 Å². The van der Waals surface area contributed by atoms with Crippen molar-refractivity contribution in [2.24, 2.45) is 11.8 Å². The number of anilines is 2. The second-order valence-electron chi connectivity index (χ2n) is 6.15. The molecule has 1 saturated heterocycles. The molecule has 0 spiro atoms. The van der Waals surface area contributed by atoms with Crippen LogP contribution in [0.1, 0.15) is 27.2 Å². The predicted octanol–water partition coefficient (Wildman–Crippen LogP) is 2.57. The molecule has 1 aliphatic rings. The van der Waals surface area contributed by atoms with Gasteiger partial charge in [0.25, 0.3) is 0 Å². The lowest BCUT2D eigenvalue weighted by Gasteiger charge is -2.38. The molecule has 0 aromatic heterocycles. The normalized spacial score (nSPS) is 25.1. The Morgan fingerprint density at radius 2 is 1.90 bits per heavy atom. The molecular formula is C16H25N3O. The van der Waals surface area contributed by atoms with Crippen LogP contribution in [0.15, 0.2) is 24.3 Å². The lowest BCUT2D eigenvalue weighted by Crippen LogP contribution is -2.48. The fourth-order valence-corrected chi connectivity index (χ4v) is 3.04. The van der Waals surface area contributed by atoms with Crippen LogP contribution >= 0.6 is 0 Å². The van der Waals surface area contributed by atoms with Gasteiger partial charge in [-0.1, -0.05) is 26.0 Å². The Hall–Kier alpha value is -1.55. The Morgan fingerprint density at radius 3 is 2.50 bits per heavy atom. The highest BCUT2D eigenvalue weighted by Gasteiger charge is 2.28. The number of para-hydroxylation sites is 2. The van der Waals surface area contributed by atoms with Crippen LogP contribution in [-0.2, 0) is 4.79 Å². The number of nitrogens with one attached hydrogen (secondary N) is 1. The van der Waals surface area contributed by atoms with Gasteiger partial charge in [0.05, 0.1) is 17.4 Å². The lowest BCUT2D eigenvalue weighted by atomic mass is 9.91. The van der Waals surface area contributed by atoms with Gasteiger partial charge in [0, 0.05) is 13.1 Å². The molecule has 1 aromatic carbocycles. The quantitative estimate of drug-likeness (QED) is 0.834. The van der Waals surface area contributed by atoms with Crippen LogP contribution in [0.3, 0.4) is 0 Å². The van der Waals surface area contributed by atoms with Crippen molar-refractivity contribution in [3.8, 4) is 0 Å². The molecule has 1 fully saturated rings. The fourth-order valence-electron chi connectivity index (χ4n) is 3.04. The summed E-state index contributed by atoms with van der Waals surface area (Å²) in [7, 11) is 0. The standard InChI is InChI=1S/C16H25N3O/c1-11-8-12(2)10-19(9-11)13(3)16(20)18-15-7-5-4-6-14(15)17/h4-7,11-13H,8-10,17H2,1-3H3,(H,18,20). The summed E-state index contributed by atoms with van der Waals surface area (Å²) >= 11 is 0. The number of benzene rings is 1. The second kappa shape index (κ2) is 6.27. The molecule has 4 nitrogen and oxygen atoms in total. The highest BCUT2D eigenvalue weighted by Crippen LogP contribution is 2.23. The summed E-state index contributed by atoms with van der Waals surface area (Å²) in [5, 5.41) is 2.93. The minimum Gasteiger partial charge on any atom is -0.397 e. The van der Waals surface area contributed by atoms with Crippen LogP contribution in [0, 0.1) is 11.8 Å². The predicted molar refractivity (Wildman–Crippen MR) is 83.5 cm³/mol. The van der Waals surface area contributed by atoms with Crippen LogP contribution in [0.4, 0.5) is 11.4 Å². The largest absolute Gasteiger partial charge is 0.397 e. The first-order chi connectivity index (χ1) is 9.47. The number of piperidine rings is 1. The molecule has 20 heavy (non-hydrogen) atoms. The van der Waals surface area contributed by atoms with E-state index in [0.717, 1.165) is 13.1 Å². The molecule has 3 unspecified atom stereocenters. The molecule has 0 radical (unpaired) electrons. The van der Waals surface area contributed by atoms with Crippen molar-refractivity contribution in [1.82, 2.24) is 4.90 Å². The molecule has 0 bridgehead atoms. The number of rotatable bonds is 3. The first-order valence-corrected chi connectivity index (χ1v) is 7.36. The average Bonchev–Trinajstić information content (AvgIpc) is 2.39. The molecule has 1 heterocycles. The van der Waals surface area contributed by atoms with E-state index in [1.807, 2.05) is 25.1 Å². The molecule has 3 N–H and O–H groups in total. The van der Waals surface area contributed by atoms with Crippen LogP contribution in [-0.4, -0.2) is 29.9 Å². The summed E-state index contributed by atoms with van der Waals surface area (Å²) < 4.78 is 0. The van der Waals surface area contributed by atoms with Gasteiger partial charge >= 0.3 is 0 Å². The van der Waals surface area contributed by atoms with Crippen molar-refractivity contribution in [2.45, 2.75) is 33.2 Å². The zero-order chi connectivity index (χ0) is 14.7. The lowest BCUT2D eigenvalue weighted by molar-refractivity contribution is -0.121. The van der Waals surface area contributed by atoms with Crippen molar-refractivity contribution in [2.75, 3.05) is 24.1 Å². The maximum Gasteiger partial charge on any atom is 0.241 e. The zero-order valence-corrected chi connectivity index (χ0v) is 12.6. The van der Waals surface area contributed by atoms with E-state index in [1.54, 1.807) is 6.07 Å². The number of nitrogens with two attached hydrogens (primary N) is 1. The van der Waals surface area contributed by atoms with Crippen LogP contribution in [0.25, 0.3) is 0 Å². The van der Waals surface area contributed by atoms with Crippen molar-refractivity contribution < 1.29 is 4.79 Å². The monoisotopic (exact) mass is 275 g/mol. The summed E-state index contributed by atoms with van der Waals surface area (Å²) in [6, 6.07) is 7.25. The maximum atomic E-state index is 12.4. The van der Waals surface area contributed by atoms with Crippen molar-refractivity contribution >= 4 is 17.3 Å². The molecule has 4 heteroatoms. The molecule has 0 saturated carbocycles. The third kappa shape index (κ3) is 3.51. The van der Waals surface area contributed by atoms with E-state index in [0.29, 0.717) is 23.2 Å². The van der Waals surface area contributed by atoms with Gasteiger partial charge in [0.15, 0.2) is 0 Å². The molecule has 2 rings (SSSR count). The van der Waals surface area contributed by atoms with Crippen molar-refractivity contribution in [3.05, 3.63) is 24.3 Å². The number of carbonyl (C=O) groups excluding carboxylic acids is 1. The average molecular weight is 275 g/mol. The van der Waals surface area contributed by atoms with Gasteiger partial charge < -0.3 is 11.1 Å². The first kappa shape index (κ1) is 14.9. The third-order valence-electron chi connectivity index (χ3n) is 4.04. The summed E-state index contributed by atoms with van der Waals surface area (Å²) in [5.74, 6) is 1.32. The first-order valence-electron chi connectivity index (χ1n) is 7.36. The third-order valence-corrected chi connectivity index (χ3v) is 4.04. The Morgan fingerprint density at radius 1 is 1.30 bits per heavy atom. The van der Waals surface area contributed by atoms with Gasteiger partial charge in [-0.15, -0.1) is 0 Å². The van der Waals surface area contributed by atoms with E-state index in [1.165, 1.54) is 6.42 Å². The van der Waals surface area contributed by atoms with Crippen LogP contribution in [0.5, 0.6) is 0 Å². The van der Waals surface area contributed by atoms with Crippen molar-refractivity contribution in [3.63, 3.8) is 0 Å². The number of nitrogens with zero attached hydrogens (tertiary/aromatic N) is 1. The Bertz CT molecular complexity index is 465. The van der Waals surface area contributed by atoms with E-state index < -0.39 is 0 Å². The summed E-state index contributed by atoms with van der Waals surface area (Å²) in [6.45, 7) is 8.45. The number of nitrogen functional groups attached to an aromatic ring is 1. The van der Waals surface area contributed by atoms with Gasteiger partial charge in [-0.05, 0) is 37.3 Å². The Labute approximate surface area is 121 Å². The maximum absolute atomic E-state index is 12.4. The number of hydrogen-bond acceptors (Lipinski definition) is 3. The second-order valence-corrected chi connectivity index (χ2v) is 6.15. The highest BCUT2D eigenvalue weighted by molar-refractivity contribution is 5.97. The summed E-state index contributed by atoms with van der Waals surface area (Å²) in [5.41, 5.74) is 7.16. The number of likely N-dealkylation sites (tertiary alicyclic amines) is 1. The number of hydrogen-bond donors (Lipinski definition) is 2. The van der Waals surface area contributed by atoms with Gasteiger partial charge in [0.2, 0.25) is 5.91 Å². The minimum atomic E-state index is -0.125. The van der Waals surface area contributed by atoms with E-state index in [-0.39, 0.29) is 11.9 Å². The fraction of sp³-hybridized carbons (Fsp3) is 0.562. The van der Waals surface area contributed by atoms with Crippen molar-refractivity contribution in [1.29, 1.82) is 0 Å². The zero-order valence-electron chi connectivity index (χ0n) is 12.6. The SMILES string of the molecule is CC1CC(C)CN(C(C)C(=O)Nc2ccccc2N)C1. The Balaban J connectivity index is 2.00. The molecule has 1 aromatic rings. The van der Waals surface area contributed by atoms with Gasteiger partial charge in [-0.25, -0.2) is 0 Å². The summed E-state index contributed by atoms with van der Waals surface area (Å²) in [6.07, 6.45) is 1.25. The topological polar surface area (TPSA) is 58.4 Å². The van der Waals surface area contributed by atoms with Crippen LogP contribution < -0.4 is 11.1 Å². The van der Waals surface area contributed by atoms with E-state index in [2.05, 4.69) is 24.1 Å². The Kier molecular flexibility index (Phi) is 4.65. The molecule has 0 aliphatic carbocycles. The molecule has 1 amide bonds. The molecule has 3 atom stereocenters.